The van der Waals surface area contributed by atoms with E-state index in [9.17, 15) is 19.5 Å². The number of nitrogens with one attached hydrogen (secondary N) is 2. The van der Waals surface area contributed by atoms with Gasteiger partial charge in [-0.15, -0.1) is 0 Å². The quantitative estimate of drug-likeness (QED) is 0.402. The van der Waals surface area contributed by atoms with Gasteiger partial charge in [-0.3, -0.25) is 14.4 Å². The van der Waals surface area contributed by atoms with Crippen molar-refractivity contribution in [3.05, 3.63) is 102 Å². The number of carbonyl (C=O) groups excluding carboxylic acids is 3. The van der Waals surface area contributed by atoms with E-state index < -0.39 is 18.1 Å². The first kappa shape index (κ1) is 24.5. The summed E-state index contributed by atoms with van der Waals surface area (Å²) >= 11 is 0. The maximum absolute atomic E-state index is 13.4. The topological polar surface area (TPSA) is 105 Å². The maximum Gasteiger partial charge on any atom is 0.302 e. The summed E-state index contributed by atoms with van der Waals surface area (Å²) < 4.78 is 5.08. The highest BCUT2D eigenvalue weighted by atomic mass is 16.5. The van der Waals surface area contributed by atoms with Crippen molar-refractivity contribution in [2.75, 3.05) is 6.61 Å². The Labute approximate surface area is 198 Å². The monoisotopic (exact) mass is 460 g/mol. The van der Waals surface area contributed by atoms with Crippen LogP contribution in [-0.4, -0.2) is 35.5 Å². The van der Waals surface area contributed by atoms with Crippen molar-refractivity contribution in [3.63, 3.8) is 0 Å². The van der Waals surface area contributed by atoms with Gasteiger partial charge in [-0.25, -0.2) is 0 Å². The van der Waals surface area contributed by atoms with Crippen molar-refractivity contribution in [1.82, 2.24) is 10.6 Å². The van der Waals surface area contributed by atoms with Gasteiger partial charge in [-0.1, -0.05) is 60.7 Å². The Balaban J connectivity index is 1.80. The third-order valence-corrected chi connectivity index (χ3v) is 5.26. The lowest BCUT2D eigenvalue weighted by atomic mass is 10.0. The van der Waals surface area contributed by atoms with Crippen molar-refractivity contribution >= 4 is 17.8 Å². The smallest absolute Gasteiger partial charge is 0.302 e. The SMILES string of the molecule is CC(=O)OCC[C@H](NC(=O)[C@@H](Cc1ccc(O)cc1)NC(=O)c1ccccc1)c1ccccc1. The molecule has 2 amide bonds. The molecule has 3 N–H and O–H groups in total. The molecule has 3 aromatic rings. The molecule has 0 aliphatic carbocycles. The van der Waals surface area contributed by atoms with Gasteiger partial charge in [0.25, 0.3) is 5.91 Å². The standard InChI is InChI=1S/C27H28N2O5/c1-19(30)34-17-16-24(21-8-4-2-5-9-21)28-27(33)25(18-20-12-14-23(31)15-13-20)29-26(32)22-10-6-3-7-11-22/h2-15,24-25,31H,16-18H2,1H3,(H,28,33)(H,29,32)/t24-,25+/m0/s1. The first-order valence-corrected chi connectivity index (χ1v) is 11.0. The number of phenols is 1. The van der Waals surface area contributed by atoms with E-state index >= 15 is 0 Å². The molecular formula is C27H28N2O5. The molecule has 176 valence electrons. The normalized spacial score (nSPS) is 12.3. The van der Waals surface area contributed by atoms with Crippen LogP contribution in [0, 0.1) is 0 Å². The third-order valence-electron chi connectivity index (χ3n) is 5.26. The summed E-state index contributed by atoms with van der Waals surface area (Å²) in [5, 5.41) is 15.4. The fourth-order valence-corrected chi connectivity index (χ4v) is 3.51. The van der Waals surface area contributed by atoms with Crippen LogP contribution >= 0.6 is 0 Å². The minimum absolute atomic E-state index is 0.118. The van der Waals surface area contributed by atoms with E-state index in [1.165, 1.54) is 19.1 Å². The zero-order valence-corrected chi connectivity index (χ0v) is 18.9. The lowest BCUT2D eigenvalue weighted by molar-refractivity contribution is -0.141. The first-order valence-electron chi connectivity index (χ1n) is 11.0. The molecule has 0 aliphatic heterocycles. The molecule has 2 atom stereocenters. The Morgan fingerprint density at radius 2 is 1.47 bits per heavy atom. The molecule has 0 unspecified atom stereocenters. The van der Waals surface area contributed by atoms with Gasteiger partial charge in [0.1, 0.15) is 11.8 Å². The number of hydrogen-bond donors (Lipinski definition) is 3. The second kappa shape index (κ2) is 12.2. The number of aromatic hydroxyl groups is 1. The molecule has 0 radical (unpaired) electrons. The van der Waals surface area contributed by atoms with Crippen LogP contribution in [0.15, 0.2) is 84.9 Å². The molecule has 0 saturated carbocycles. The summed E-state index contributed by atoms with van der Waals surface area (Å²) in [7, 11) is 0. The highest BCUT2D eigenvalue weighted by Gasteiger charge is 2.25. The Morgan fingerprint density at radius 3 is 2.09 bits per heavy atom. The number of amides is 2. The van der Waals surface area contributed by atoms with Gasteiger partial charge < -0.3 is 20.5 Å². The van der Waals surface area contributed by atoms with E-state index in [4.69, 9.17) is 4.74 Å². The van der Waals surface area contributed by atoms with E-state index in [0.717, 1.165) is 11.1 Å². The van der Waals surface area contributed by atoms with Crippen molar-refractivity contribution < 1.29 is 24.2 Å². The molecular weight excluding hydrogens is 432 g/mol. The Hall–Kier alpha value is -4.13. The summed E-state index contributed by atoms with van der Waals surface area (Å²) in [4.78, 5) is 37.4. The van der Waals surface area contributed by atoms with Crippen molar-refractivity contribution in [1.29, 1.82) is 0 Å². The molecule has 34 heavy (non-hydrogen) atoms. The molecule has 0 heterocycles. The minimum Gasteiger partial charge on any atom is -0.508 e. The van der Waals surface area contributed by atoms with Crippen molar-refractivity contribution in [2.45, 2.75) is 31.8 Å². The number of rotatable bonds is 10. The van der Waals surface area contributed by atoms with Crippen LogP contribution in [0.2, 0.25) is 0 Å². The largest absolute Gasteiger partial charge is 0.508 e. The number of ether oxygens (including phenoxy) is 1. The molecule has 0 spiro atoms. The molecule has 0 aromatic heterocycles. The molecule has 7 heteroatoms. The molecule has 3 aromatic carbocycles. The predicted molar refractivity (Wildman–Crippen MR) is 128 cm³/mol. The fourth-order valence-electron chi connectivity index (χ4n) is 3.51. The van der Waals surface area contributed by atoms with Gasteiger partial charge in [0, 0.05) is 25.3 Å². The highest BCUT2D eigenvalue weighted by Crippen LogP contribution is 2.18. The zero-order valence-electron chi connectivity index (χ0n) is 18.9. The summed E-state index contributed by atoms with van der Waals surface area (Å²) in [6.45, 7) is 1.48. The minimum atomic E-state index is -0.864. The predicted octanol–water partition coefficient (Wildman–Crippen LogP) is 3.54. The average Bonchev–Trinajstić information content (AvgIpc) is 2.85. The Kier molecular flexibility index (Phi) is 8.80. The molecule has 7 nitrogen and oxygen atoms in total. The van der Waals surface area contributed by atoms with E-state index in [2.05, 4.69) is 10.6 Å². The Morgan fingerprint density at radius 1 is 0.853 bits per heavy atom. The zero-order chi connectivity index (χ0) is 24.3. The van der Waals surface area contributed by atoms with E-state index in [0.29, 0.717) is 12.0 Å². The first-order chi connectivity index (χ1) is 16.4. The van der Waals surface area contributed by atoms with Crippen LogP contribution in [0.3, 0.4) is 0 Å². The van der Waals surface area contributed by atoms with Crippen LogP contribution in [0.25, 0.3) is 0 Å². The lowest BCUT2D eigenvalue weighted by Crippen LogP contribution is -2.49. The number of phenolic OH excluding ortho intramolecular Hbond substituents is 1. The summed E-state index contributed by atoms with van der Waals surface area (Å²) in [5.41, 5.74) is 2.09. The van der Waals surface area contributed by atoms with Crippen LogP contribution in [-0.2, 0) is 20.7 Å². The number of carbonyl (C=O) groups is 3. The number of hydrogen-bond acceptors (Lipinski definition) is 5. The highest BCUT2D eigenvalue weighted by molar-refractivity contribution is 5.97. The Bertz CT molecular complexity index is 1090. The number of esters is 1. The van der Waals surface area contributed by atoms with Crippen molar-refractivity contribution in [2.24, 2.45) is 0 Å². The second-order valence-electron chi connectivity index (χ2n) is 7.86. The van der Waals surface area contributed by atoms with Gasteiger partial charge in [-0.2, -0.15) is 0 Å². The summed E-state index contributed by atoms with van der Waals surface area (Å²) in [6, 6.07) is 23.3. The van der Waals surface area contributed by atoms with Crippen molar-refractivity contribution in [3.8, 4) is 5.75 Å². The van der Waals surface area contributed by atoms with E-state index in [1.807, 2.05) is 36.4 Å². The van der Waals surface area contributed by atoms with Gasteiger partial charge in [0.05, 0.1) is 12.6 Å². The van der Waals surface area contributed by atoms with Gasteiger partial charge in [0.2, 0.25) is 5.91 Å². The van der Waals surface area contributed by atoms with Crippen LogP contribution in [0.1, 0.15) is 40.9 Å². The second-order valence-corrected chi connectivity index (χ2v) is 7.86. The van der Waals surface area contributed by atoms with E-state index in [-0.39, 0.29) is 30.6 Å². The van der Waals surface area contributed by atoms with Gasteiger partial charge in [0.15, 0.2) is 0 Å². The maximum atomic E-state index is 13.4. The van der Waals surface area contributed by atoms with Gasteiger partial charge >= 0.3 is 5.97 Å². The van der Waals surface area contributed by atoms with Crippen LogP contribution in [0.4, 0.5) is 0 Å². The number of benzene rings is 3. The molecule has 0 fully saturated rings. The summed E-state index contributed by atoms with van der Waals surface area (Å²) in [5.74, 6) is -1.00. The molecule has 0 bridgehead atoms. The molecule has 0 saturated heterocycles. The lowest BCUT2D eigenvalue weighted by Gasteiger charge is -2.24. The van der Waals surface area contributed by atoms with Crippen LogP contribution in [0.5, 0.6) is 5.75 Å². The molecule has 0 aliphatic rings. The van der Waals surface area contributed by atoms with Gasteiger partial charge in [-0.05, 0) is 35.4 Å². The third kappa shape index (κ3) is 7.48. The average molecular weight is 461 g/mol. The fraction of sp³-hybridized carbons (Fsp3) is 0.222. The molecule has 3 rings (SSSR count). The van der Waals surface area contributed by atoms with E-state index in [1.54, 1.807) is 36.4 Å². The summed E-state index contributed by atoms with van der Waals surface area (Å²) in [6.07, 6.45) is 0.615. The van der Waals surface area contributed by atoms with Crippen LogP contribution < -0.4 is 10.6 Å².